The molecule has 3 rings (SSSR count). The van der Waals surface area contributed by atoms with Gasteiger partial charge in [-0.2, -0.15) is 0 Å². The van der Waals surface area contributed by atoms with E-state index in [0.29, 0.717) is 0 Å². The van der Waals surface area contributed by atoms with Crippen LogP contribution in [0.4, 0.5) is 0 Å². The molecule has 2 fully saturated rings. The molecule has 0 saturated carbocycles. The van der Waals surface area contributed by atoms with Crippen molar-refractivity contribution in [1.82, 2.24) is 15.2 Å². The Labute approximate surface area is 114 Å². The molecule has 2 aliphatic heterocycles. The number of nitrogens with one attached hydrogen (secondary N) is 1. The van der Waals surface area contributed by atoms with Crippen LogP contribution < -0.4 is 5.32 Å². The summed E-state index contributed by atoms with van der Waals surface area (Å²) < 4.78 is 0. The number of hydrogen-bond donors (Lipinski definition) is 1. The Kier molecular flexibility index (Phi) is 3.68. The molecule has 3 heterocycles. The van der Waals surface area contributed by atoms with E-state index < -0.39 is 0 Å². The first-order valence-electron chi connectivity index (χ1n) is 7.10. The molecular weight excluding hydrogens is 242 g/mol. The van der Waals surface area contributed by atoms with Crippen LogP contribution >= 0.6 is 11.3 Å². The maximum Gasteiger partial charge on any atom is 0.107 e. The van der Waals surface area contributed by atoms with Crippen LogP contribution in [-0.4, -0.2) is 35.1 Å². The minimum absolute atomic E-state index is 0.731. The molecule has 1 aromatic rings. The molecule has 0 aromatic carbocycles. The maximum absolute atomic E-state index is 4.63. The van der Waals surface area contributed by atoms with Crippen LogP contribution in [0, 0.1) is 6.92 Å². The van der Waals surface area contributed by atoms with Crippen molar-refractivity contribution < 1.29 is 0 Å². The summed E-state index contributed by atoms with van der Waals surface area (Å²) in [5, 5.41) is 6.95. The van der Waals surface area contributed by atoms with Gasteiger partial charge < -0.3 is 5.32 Å². The van der Waals surface area contributed by atoms with E-state index in [0.717, 1.165) is 24.7 Å². The fourth-order valence-corrected chi connectivity index (χ4v) is 4.38. The number of aromatic nitrogens is 1. The van der Waals surface area contributed by atoms with Gasteiger partial charge in [0.15, 0.2) is 0 Å². The molecule has 1 N–H and O–H groups in total. The third-order valence-electron chi connectivity index (χ3n) is 4.52. The Morgan fingerprint density at radius 1 is 1.39 bits per heavy atom. The number of hydrogen-bond acceptors (Lipinski definition) is 4. The fraction of sp³-hybridized carbons (Fsp3) is 0.786. The first-order valence-corrected chi connectivity index (χ1v) is 7.98. The van der Waals surface area contributed by atoms with Crippen LogP contribution in [0.15, 0.2) is 5.38 Å². The highest BCUT2D eigenvalue weighted by atomic mass is 32.1. The summed E-state index contributed by atoms with van der Waals surface area (Å²) in [6, 6.07) is 2.29. The molecule has 0 amide bonds. The van der Waals surface area contributed by atoms with Gasteiger partial charge in [0.05, 0.1) is 6.54 Å². The van der Waals surface area contributed by atoms with Crippen molar-refractivity contribution in [2.45, 2.75) is 63.7 Å². The maximum atomic E-state index is 4.63. The quantitative estimate of drug-likeness (QED) is 0.910. The zero-order valence-corrected chi connectivity index (χ0v) is 12.2. The van der Waals surface area contributed by atoms with Crippen LogP contribution in [-0.2, 0) is 6.54 Å². The Hall–Kier alpha value is -0.450. The lowest BCUT2D eigenvalue weighted by atomic mass is 9.82. The van der Waals surface area contributed by atoms with Crippen molar-refractivity contribution in [3.05, 3.63) is 16.1 Å². The van der Waals surface area contributed by atoms with Crippen LogP contribution in [0.2, 0.25) is 0 Å². The Morgan fingerprint density at radius 2 is 2.11 bits per heavy atom. The first kappa shape index (κ1) is 12.6. The number of rotatable bonds is 3. The summed E-state index contributed by atoms with van der Waals surface area (Å²) in [4.78, 5) is 7.36. The molecule has 0 spiro atoms. The summed E-state index contributed by atoms with van der Waals surface area (Å²) in [6.07, 6.45) is 6.80. The second kappa shape index (κ2) is 5.27. The number of fused-ring (bicyclic) bond motifs is 2. The van der Waals surface area contributed by atoms with Gasteiger partial charge in [-0.3, -0.25) is 4.90 Å². The van der Waals surface area contributed by atoms with E-state index >= 15 is 0 Å². The molecule has 2 aliphatic rings. The van der Waals surface area contributed by atoms with Crippen LogP contribution in [0.5, 0.6) is 0 Å². The van der Waals surface area contributed by atoms with Crippen molar-refractivity contribution in [2.75, 3.05) is 7.05 Å². The summed E-state index contributed by atoms with van der Waals surface area (Å²) in [5.74, 6) is 0. The van der Waals surface area contributed by atoms with Crippen LogP contribution in [0.25, 0.3) is 0 Å². The molecule has 2 bridgehead atoms. The Morgan fingerprint density at radius 3 is 2.67 bits per heavy atom. The van der Waals surface area contributed by atoms with Gasteiger partial charge in [-0.05, 0) is 39.7 Å². The molecule has 18 heavy (non-hydrogen) atoms. The van der Waals surface area contributed by atoms with Gasteiger partial charge in [-0.15, -0.1) is 11.3 Å². The number of nitrogens with zero attached hydrogens (tertiary/aromatic N) is 2. The molecule has 3 nitrogen and oxygen atoms in total. The van der Waals surface area contributed by atoms with Gasteiger partial charge in [0.2, 0.25) is 0 Å². The second-order valence-corrected chi connectivity index (χ2v) is 6.69. The van der Waals surface area contributed by atoms with E-state index in [4.69, 9.17) is 0 Å². The molecule has 2 saturated heterocycles. The molecule has 4 heteroatoms. The van der Waals surface area contributed by atoms with E-state index in [1.54, 1.807) is 0 Å². The molecule has 0 aliphatic carbocycles. The van der Waals surface area contributed by atoms with Gasteiger partial charge in [-0.1, -0.05) is 6.42 Å². The Balaban J connectivity index is 1.71. The second-order valence-electron chi connectivity index (χ2n) is 5.75. The standard InChI is InChI=1S/C14H23N3S/c1-10-9-18-14(16-10)8-17-12-4-3-5-13(17)7-11(6-12)15-2/h9,11-13,15H,3-8H2,1-2H3. The van der Waals surface area contributed by atoms with Crippen molar-refractivity contribution >= 4 is 11.3 Å². The van der Waals surface area contributed by atoms with Gasteiger partial charge in [0.25, 0.3) is 0 Å². The van der Waals surface area contributed by atoms with Crippen LogP contribution in [0.1, 0.15) is 42.8 Å². The lowest BCUT2D eigenvalue weighted by Gasteiger charge is -2.48. The minimum atomic E-state index is 0.731. The summed E-state index contributed by atoms with van der Waals surface area (Å²) in [6.45, 7) is 3.17. The van der Waals surface area contributed by atoms with E-state index in [9.17, 15) is 0 Å². The van der Waals surface area contributed by atoms with Gasteiger partial charge in [0, 0.05) is 29.2 Å². The molecule has 0 radical (unpaired) electrons. The smallest absolute Gasteiger partial charge is 0.107 e. The molecule has 2 unspecified atom stereocenters. The fourth-order valence-electron chi connectivity index (χ4n) is 3.60. The lowest BCUT2D eigenvalue weighted by Crippen LogP contribution is -2.55. The highest BCUT2D eigenvalue weighted by Gasteiger charge is 2.37. The van der Waals surface area contributed by atoms with E-state index in [-0.39, 0.29) is 0 Å². The third-order valence-corrected chi connectivity index (χ3v) is 5.47. The SMILES string of the molecule is CNC1CC2CCCC(C1)N2Cc1nc(C)cs1. The van der Waals surface area contributed by atoms with Crippen molar-refractivity contribution in [3.63, 3.8) is 0 Å². The average Bonchev–Trinajstić information content (AvgIpc) is 2.74. The highest BCUT2D eigenvalue weighted by Crippen LogP contribution is 2.35. The topological polar surface area (TPSA) is 28.2 Å². The summed E-state index contributed by atoms with van der Waals surface area (Å²) in [5.41, 5.74) is 1.17. The summed E-state index contributed by atoms with van der Waals surface area (Å²) in [7, 11) is 2.11. The number of thiazole rings is 1. The highest BCUT2D eigenvalue weighted by molar-refractivity contribution is 7.09. The van der Waals surface area contributed by atoms with E-state index in [1.165, 1.54) is 42.8 Å². The zero-order valence-electron chi connectivity index (χ0n) is 11.4. The Bertz CT molecular complexity index is 389. The first-order chi connectivity index (χ1) is 8.76. The van der Waals surface area contributed by atoms with Gasteiger partial charge in [0.1, 0.15) is 5.01 Å². The van der Waals surface area contributed by atoms with Gasteiger partial charge >= 0.3 is 0 Å². The molecule has 2 atom stereocenters. The van der Waals surface area contributed by atoms with Gasteiger partial charge in [-0.25, -0.2) is 4.98 Å². The average molecular weight is 265 g/mol. The van der Waals surface area contributed by atoms with E-state index in [2.05, 4.69) is 34.6 Å². The molecule has 1 aromatic heterocycles. The van der Waals surface area contributed by atoms with Crippen molar-refractivity contribution in [1.29, 1.82) is 0 Å². The monoisotopic (exact) mass is 265 g/mol. The summed E-state index contributed by atoms with van der Waals surface area (Å²) >= 11 is 1.82. The predicted octanol–water partition coefficient (Wildman–Crippen LogP) is 2.56. The predicted molar refractivity (Wildman–Crippen MR) is 75.9 cm³/mol. The number of piperidine rings is 2. The van der Waals surface area contributed by atoms with Crippen LogP contribution in [0.3, 0.4) is 0 Å². The van der Waals surface area contributed by atoms with Crippen molar-refractivity contribution in [3.8, 4) is 0 Å². The van der Waals surface area contributed by atoms with Crippen molar-refractivity contribution in [2.24, 2.45) is 0 Å². The third kappa shape index (κ3) is 2.46. The molecular formula is C14H23N3S. The normalized spacial score (nSPS) is 32.7. The lowest BCUT2D eigenvalue weighted by molar-refractivity contribution is 0.0190. The molecule has 100 valence electrons. The minimum Gasteiger partial charge on any atom is -0.317 e. The number of aryl methyl sites for hydroxylation is 1. The largest absolute Gasteiger partial charge is 0.317 e. The van der Waals surface area contributed by atoms with E-state index in [1.807, 2.05) is 11.3 Å². The zero-order chi connectivity index (χ0) is 12.5.